The van der Waals surface area contributed by atoms with Crippen molar-refractivity contribution < 1.29 is 41.7 Å². The number of anilines is 1. The number of alkyl halides is 1. The van der Waals surface area contributed by atoms with Gasteiger partial charge >= 0.3 is 16.3 Å². The molecule has 3 amide bonds. The average molecular weight is 560 g/mol. The summed E-state index contributed by atoms with van der Waals surface area (Å²) in [4.78, 5) is 57.7. The van der Waals surface area contributed by atoms with Gasteiger partial charge in [-0.25, -0.2) is 14.1 Å². The number of amides is 3. The van der Waals surface area contributed by atoms with Crippen LogP contribution in [0.4, 0.5) is 5.13 Å². The van der Waals surface area contributed by atoms with Gasteiger partial charge in [0.05, 0.1) is 5.56 Å². The van der Waals surface area contributed by atoms with Gasteiger partial charge in [-0.15, -0.1) is 22.9 Å². The minimum absolute atomic E-state index is 0.0327. The van der Waals surface area contributed by atoms with Gasteiger partial charge in [0.25, 0.3) is 11.8 Å². The predicted molar refractivity (Wildman–Crippen MR) is 126 cm³/mol. The van der Waals surface area contributed by atoms with E-state index in [1.54, 1.807) is 18.2 Å². The largest absolute Gasteiger partial charge is 0.460 e. The van der Waals surface area contributed by atoms with Crippen LogP contribution in [0.25, 0.3) is 0 Å². The number of thiazole rings is 1. The molecule has 17 heteroatoms. The topological polar surface area (TPSA) is 194 Å². The maximum absolute atomic E-state index is 12.9. The number of carbonyl (C=O) groups excluding carboxylic acids is 4. The normalized spacial score (nSPS) is 17.7. The Morgan fingerprint density at radius 1 is 1.28 bits per heavy atom. The number of halogens is 1. The first kappa shape index (κ1) is 27.0. The molecular formula is C19H18ClN5O9S2. The van der Waals surface area contributed by atoms with Gasteiger partial charge in [0, 0.05) is 5.38 Å². The van der Waals surface area contributed by atoms with Crippen LogP contribution in [0.5, 0.6) is 0 Å². The standard InChI is InChI=1S/C19H18ClN5O9S2/c1-33-24-14(11-9-35-19(21-11)22-13(26)7-20)16(27)23-15-12(25(17(15)28)36(30,31)32)8-34-18(29)10-5-3-2-4-6-10/h2-6,9,12,15H,7-8H2,1H3,(H,23,27)(H,21,22,26)(H,30,31,32). The van der Waals surface area contributed by atoms with E-state index < -0.39 is 58.4 Å². The summed E-state index contributed by atoms with van der Waals surface area (Å²) in [6.07, 6.45) is 0. The first-order valence-corrected chi connectivity index (χ1v) is 12.6. The molecule has 1 fully saturated rings. The number of ether oxygens (including phenoxy) is 1. The van der Waals surface area contributed by atoms with Crippen LogP contribution in [0.2, 0.25) is 0 Å². The lowest BCUT2D eigenvalue weighted by Gasteiger charge is -2.43. The second-order valence-corrected chi connectivity index (χ2v) is 9.35. The molecule has 1 aromatic carbocycles. The van der Waals surface area contributed by atoms with Gasteiger partial charge in [-0.2, -0.15) is 8.42 Å². The van der Waals surface area contributed by atoms with Crippen molar-refractivity contribution in [3.8, 4) is 0 Å². The Balaban J connectivity index is 1.76. The van der Waals surface area contributed by atoms with Gasteiger partial charge in [-0.3, -0.25) is 18.9 Å². The third-order valence-electron chi connectivity index (χ3n) is 4.61. The lowest BCUT2D eigenvalue weighted by molar-refractivity contribution is -0.146. The molecule has 0 radical (unpaired) electrons. The Kier molecular flexibility index (Phi) is 8.57. The SMILES string of the molecule is CON=C(C(=O)NC1C(=O)N(S(=O)(=O)O)C1COC(=O)c1ccccc1)c1csc(NC(=O)CCl)n1. The lowest BCUT2D eigenvalue weighted by Crippen LogP contribution is -2.73. The molecule has 0 aliphatic carbocycles. The minimum atomic E-state index is -5.01. The number of nitrogens with one attached hydrogen (secondary N) is 2. The molecule has 1 aliphatic heterocycles. The van der Waals surface area contributed by atoms with E-state index in [0.717, 1.165) is 18.4 Å². The number of aromatic nitrogens is 1. The van der Waals surface area contributed by atoms with E-state index in [1.807, 2.05) is 0 Å². The van der Waals surface area contributed by atoms with Crippen LogP contribution < -0.4 is 10.6 Å². The summed E-state index contributed by atoms with van der Waals surface area (Å²) in [5.41, 5.74) is -0.273. The highest BCUT2D eigenvalue weighted by molar-refractivity contribution is 7.84. The second kappa shape index (κ2) is 11.4. The maximum atomic E-state index is 12.9. The number of hydrogen-bond acceptors (Lipinski definition) is 11. The number of carbonyl (C=O) groups is 4. The van der Waals surface area contributed by atoms with Gasteiger partial charge in [-0.05, 0) is 12.1 Å². The molecule has 0 spiro atoms. The van der Waals surface area contributed by atoms with Crippen molar-refractivity contribution in [2.45, 2.75) is 12.1 Å². The van der Waals surface area contributed by atoms with Crippen LogP contribution in [-0.2, 0) is 34.3 Å². The Bertz CT molecular complexity index is 1300. The fraction of sp³-hybridized carbons (Fsp3) is 0.263. The Morgan fingerprint density at radius 3 is 2.58 bits per heavy atom. The molecule has 1 aliphatic rings. The van der Waals surface area contributed by atoms with E-state index >= 15 is 0 Å². The molecule has 36 heavy (non-hydrogen) atoms. The van der Waals surface area contributed by atoms with Gasteiger partial charge in [0.15, 0.2) is 10.8 Å². The summed E-state index contributed by atoms with van der Waals surface area (Å²) in [6, 6.07) is 4.81. The molecule has 1 saturated heterocycles. The maximum Gasteiger partial charge on any atom is 0.362 e. The monoisotopic (exact) mass is 559 g/mol. The van der Waals surface area contributed by atoms with Crippen molar-refractivity contribution in [1.82, 2.24) is 14.6 Å². The van der Waals surface area contributed by atoms with Gasteiger partial charge in [0.2, 0.25) is 5.91 Å². The molecule has 1 aromatic heterocycles. The summed E-state index contributed by atoms with van der Waals surface area (Å²) < 4.78 is 37.9. The molecule has 2 unspecified atom stereocenters. The average Bonchev–Trinajstić information content (AvgIpc) is 3.30. The molecule has 2 atom stereocenters. The zero-order valence-electron chi connectivity index (χ0n) is 18.3. The van der Waals surface area contributed by atoms with Crippen LogP contribution in [0.1, 0.15) is 16.1 Å². The number of β-lactam (4-membered cyclic amide) rings is 1. The molecule has 0 saturated carbocycles. The number of rotatable bonds is 10. The fourth-order valence-corrected chi connectivity index (χ4v) is 4.69. The van der Waals surface area contributed by atoms with E-state index in [1.165, 1.54) is 17.5 Å². The number of benzene rings is 1. The zero-order chi connectivity index (χ0) is 26.5. The molecule has 14 nitrogen and oxygen atoms in total. The second-order valence-electron chi connectivity index (χ2n) is 6.94. The van der Waals surface area contributed by atoms with Crippen molar-refractivity contribution in [1.29, 1.82) is 0 Å². The van der Waals surface area contributed by atoms with E-state index in [0.29, 0.717) is 0 Å². The van der Waals surface area contributed by atoms with Gasteiger partial charge < -0.3 is 20.2 Å². The summed E-state index contributed by atoms with van der Waals surface area (Å²) in [7, 11) is -3.87. The fourth-order valence-electron chi connectivity index (χ4n) is 3.04. The molecule has 3 N–H and O–H groups in total. The third kappa shape index (κ3) is 6.14. The Labute approximate surface area is 213 Å². The highest BCUT2D eigenvalue weighted by Gasteiger charge is 2.55. The molecule has 3 rings (SSSR count). The van der Waals surface area contributed by atoms with E-state index in [4.69, 9.17) is 16.3 Å². The summed E-state index contributed by atoms with van der Waals surface area (Å²) in [5, 5.41) is 9.73. The van der Waals surface area contributed by atoms with Crippen LogP contribution >= 0.6 is 22.9 Å². The van der Waals surface area contributed by atoms with Crippen LogP contribution in [0.15, 0.2) is 40.9 Å². The number of hydrogen-bond donors (Lipinski definition) is 3. The van der Waals surface area contributed by atoms with Crippen LogP contribution in [0, 0.1) is 0 Å². The molecule has 0 bridgehead atoms. The summed E-state index contributed by atoms with van der Waals surface area (Å²) in [6.45, 7) is -0.660. The van der Waals surface area contributed by atoms with Crippen LogP contribution in [0.3, 0.4) is 0 Å². The number of nitrogens with zero attached hydrogens (tertiary/aromatic N) is 3. The van der Waals surface area contributed by atoms with Crippen molar-refractivity contribution in [2.75, 3.05) is 24.9 Å². The highest BCUT2D eigenvalue weighted by Crippen LogP contribution is 2.25. The molecule has 192 valence electrons. The van der Waals surface area contributed by atoms with E-state index in [2.05, 4.69) is 25.6 Å². The smallest absolute Gasteiger partial charge is 0.362 e. The Hall–Kier alpha value is -3.60. The molecule has 2 heterocycles. The summed E-state index contributed by atoms with van der Waals surface area (Å²) >= 11 is 6.39. The van der Waals surface area contributed by atoms with Crippen molar-refractivity contribution in [2.24, 2.45) is 5.16 Å². The highest BCUT2D eigenvalue weighted by atomic mass is 35.5. The van der Waals surface area contributed by atoms with E-state index in [-0.39, 0.29) is 26.6 Å². The first-order valence-electron chi connectivity index (χ1n) is 9.83. The van der Waals surface area contributed by atoms with Crippen molar-refractivity contribution in [3.05, 3.63) is 47.0 Å². The van der Waals surface area contributed by atoms with Crippen molar-refractivity contribution >= 4 is 67.8 Å². The van der Waals surface area contributed by atoms with Gasteiger partial charge in [-0.1, -0.05) is 23.4 Å². The zero-order valence-corrected chi connectivity index (χ0v) is 20.7. The van der Waals surface area contributed by atoms with E-state index in [9.17, 15) is 32.1 Å². The number of oxime groups is 1. The lowest BCUT2D eigenvalue weighted by atomic mass is 9.99. The summed E-state index contributed by atoms with van der Waals surface area (Å²) in [5.74, 6) is -3.84. The quantitative estimate of drug-likeness (QED) is 0.0892. The molecular weight excluding hydrogens is 542 g/mol. The first-order chi connectivity index (χ1) is 17.1. The number of esters is 1. The van der Waals surface area contributed by atoms with Gasteiger partial charge in [0.1, 0.15) is 37.4 Å². The molecule has 2 aromatic rings. The third-order valence-corrected chi connectivity index (χ3v) is 6.56. The minimum Gasteiger partial charge on any atom is -0.460 e. The Morgan fingerprint density at radius 2 is 1.97 bits per heavy atom. The predicted octanol–water partition coefficient (Wildman–Crippen LogP) is 0.0263. The van der Waals surface area contributed by atoms with Crippen LogP contribution in [-0.4, -0.2) is 83.3 Å². The van der Waals surface area contributed by atoms with Crippen molar-refractivity contribution in [3.63, 3.8) is 0 Å².